The van der Waals surface area contributed by atoms with Gasteiger partial charge in [-0.1, -0.05) is 18.2 Å². The number of hydrogen-bond acceptors (Lipinski definition) is 5. The third kappa shape index (κ3) is 4.95. The van der Waals surface area contributed by atoms with Crippen molar-refractivity contribution in [1.29, 1.82) is 0 Å². The molecule has 0 unspecified atom stereocenters. The van der Waals surface area contributed by atoms with Crippen LogP contribution in [0, 0.1) is 0 Å². The van der Waals surface area contributed by atoms with Crippen LogP contribution in [-0.4, -0.2) is 73.6 Å². The Kier molecular flexibility index (Phi) is 5.91. The number of likely N-dealkylation sites (tertiary alicyclic amines) is 1. The second-order valence-corrected chi connectivity index (χ2v) is 6.80. The molecule has 0 saturated carbocycles. The van der Waals surface area contributed by atoms with E-state index in [2.05, 4.69) is 34.1 Å². The number of hydrogen-bond donors (Lipinski definition) is 0. The molecule has 2 saturated heterocycles. The third-order valence-corrected chi connectivity index (χ3v) is 4.88. The minimum absolute atomic E-state index is 0.172. The topological polar surface area (TPSA) is 53.1 Å². The van der Waals surface area contributed by atoms with Crippen molar-refractivity contribution in [2.24, 2.45) is 0 Å². The molecule has 2 aliphatic heterocycles. The van der Waals surface area contributed by atoms with Gasteiger partial charge in [0.15, 0.2) is 0 Å². The number of anilines is 1. The number of benzene rings is 1. The summed E-state index contributed by atoms with van der Waals surface area (Å²) in [4.78, 5) is 29.8. The Labute approximate surface area is 149 Å². The average Bonchev–Trinajstić information content (AvgIpc) is 3.00. The van der Waals surface area contributed by atoms with Gasteiger partial charge in [0, 0.05) is 58.3 Å². The first-order chi connectivity index (χ1) is 12.1. The Morgan fingerprint density at radius 3 is 2.40 bits per heavy atom. The van der Waals surface area contributed by atoms with Crippen LogP contribution in [0.5, 0.6) is 0 Å². The largest absolute Gasteiger partial charge is 0.459 e. The molecule has 2 aliphatic rings. The predicted molar refractivity (Wildman–Crippen MR) is 96.5 cm³/mol. The molecule has 3 rings (SSSR count). The minimum atomic E-state index is -0.278. The Hall–Kier alpha value is -2.08. The van der Waals surface area contributed by atoms with E-state index >= 15 is 0 Å². The van der Waals surface area contributed by atoms with Gasteiger partial charge in [-0.25, -0.2) is 0 Å². The molecule has 6 heteroatoms. The molecule has 0 aromatic heterocycles. The molecule has 2 fully saturated rings. The summed E-state index contributed by atoms with van der Waals surface area (Å²) in [5.74, 6) is -0.106. The van der Waals surface area contributed by atoms with Gasteiger partial charge in [-0.3, -0.25) is 14.5 Å². The monoisotopic (exact) mass is 345 g/mol. The van der Waals surface area contributed by atoms with Crippen molar-refractivity contribution < 1.29 is 14.3 Å². The van der Waals surface area contributed by atoms with Gasteiger partial charge in [0.2, 0.25) is 5.91 Å². The van der Waals surface area contributed by atoms with Crippen LogP contribution in [0.3, 0.4) is 0 Å². The van der Waals surface area contributed by atoms with Crippen molar-refractivity contribution >= 4 is 17.6 Å². The summed E-state index contributed by atoms with van der Waals surface area (Å²) in [6.45, 7) is 7.19. The lowest BCUT2D eigenvalue weighted by molar-refractivity contribution is -0.150. The normalized spacial score (nSPS) is 20.0. The van der Waals surface area contributed by atoms with Crippen molar-refractivity contribution in [3.8, 4) is 0 Å². The SMILES string of the molecule is CC(=O)O[C@@H](CN1CCN(c2ccccc2)CC1)CN1CCCC1=O. The first-order valence-electron chi connectivity index (χ1n) is 9.09. The lowest BCUT2D eigenvalue weighted by atomic mass is 10.2. The van der Waals surface area contributed by atoms with Gasteiger partial charge in [-0.15, -0.1) is 0 Å². The summed E-state index contributed by atoms with van der Waals surface area (Å²) in [7, 11) is 0. The number of esters is 1. The van der Waals surface area contributed by atoms with Gasteiger partial charge >= 0.3 is 5.97 Å². The summed E-state index contributed by atoms with van der Waals surface area (Å²) in [5.41, 5.74) is 1.25. The van der Waals surface area contributed by atoms with Crippen molar-refractivity contribution in [3.63, 3.8) is 0 Å². The molecule has 2 heterocycles. The Morgan fingerprint density at radius 1 is 1.08 bits per heavy atom. The molecule has 0 spiro atoms. The van der Waals surface area contributed by atoms with Crippen LogP contribution in [0.2, 0.25) is 0 Å². The van der Waals surface area contributed by atoms with Crippen molar-refractivity contribution in [3.05, 3.63) is 30.3 Å². The van der Waals surface area contributed by atoms with E-state index in [1.54, 1.807) is 0 Å². The molecule has 0 N–H and O–H groups in total. The quantitative estimate of drug-likeness (QED) is 0.729. The number of para-hydroxylation sites is 1. The highest BCUT2D eigenvalue weighted by Gasteiger charge is 2.27. The smallest absolute Gasteiger partial charge is 0.303 e. The van der Waals surface area contributed by atoms with E-state index in [-0.39, 0.29) is 18.0 Å². The van der Waals surface area contributed by atoms with Crippen LogP contribution >= 0.6 is 0 Å². The summed E-state index contributed by atoms with van der Waals surface area (Å²) >= 11 is 0. The van der Waals surface area contributed by atoms with Crippen LogP contribution < -0.4 is 4.90 Å². The molecule has 0 aliphatic carbocycles. The molecule has 136 valence electrons. The molecule has 1 aromatic carbocycles. The van der Waals surface area contributed by atoms with E-state index in [1.165, 1.54) is 12.6 Å². The third-order valence-electron chi connectivity index (χ3n) is 4.88. The highest BCUT2D eigenvalue weighted by molar-refractivity contribution is 5.78. The maximum absolute atomic E-state index is 11.9. The standard InChI is InChI=1S/C19H27N3O3/c1-16(23)25-18(15-22-9-5-8-19(22)24)14-20-10-12-21(13-11-20)17-6-3-2-4-7-17/h2-4,6-7,18H,5,8-15H2,1H3/t18-/m0/s1. The fraction of sp³-hybridized carbons (Fsp3) is 0.579. The zero-order chi connectivity index (χ0) is 17.6. The van der Waals surface area contributed by atoms with E-state index < -0.39 is 0 Å². The molecule has 25 heavy (non-hydrogen) atoms. The highest BCUT2D eigenvalue weighted by Crippen LogP contribution is 2.17. The molecule has 6 nitrogen and oxygen atoms in total. The van der Waals surface area contributed by atoms with Crippen molar-refractivity contribution in [1.82, 2.24) is 9.80 Å². The first-order valence-corrected chi connectivity index (χ1v) is 9.09. The van der Waals surface area contributed by atoms with E-state index in [9.17, 15) is 9.59 Å². The average molecular weight is 345 g/mol. The van der Waals surface area contributed by atoms with Gasteiger partial charge in [-0.2, -0.15) is 0 Å². The second kappa shape index (κ2) is 8.34. The van der Waals surface area contributed by atoms with Crippen LogP contribution in [0.25, 0.3) is 0 Å². The fourth-order valence-corrected chi connectivity index (χ4v) is 3.63. The number of amides is 1. The lowest BCUT2D eigenvalue weighted by Gasteiger charge is -2.37. The lowest BCUT2D eigenvalue weighted by Crippen LogP contribution is -2.51. The summed E-state index contributed by atoms with van der Waals surface area (Å²) in [6, 6.07) is 10.4. The number of nitrogens with zero attached hydrogens (tertiary/aromatic N) is 3. The maximum atomic E-state index is 11.9. The number of rotatable bonds is 6. The zero-order valence-electron chi connectivity index (χ0n) is 14.9. The van der Waals surface area contributed by atoms with Crippen LogP contribution in [0.4, 0.5) is 5.69 Å². The van der Waals surface area contributed by atoms with Crippen LogP contribution in [-0.2, 0) is 14.3 Å². The van der Waals surface area contributed by atoms with E-state index in [0.29, 0.717) is 19.5 Å². The highest BCUT2D eigenvalue weighted by atomic mass is 16.5. The maximum Gasteiger partial charge on any atom is 0.303 e. The molecular formula is C19H27N3O3. The van der Waals surface area contributed by atoms with Gasteiger partial charge in [-0.05, 0) is 18.6 Å². The number of carbonyl (C=O) groups is 2. The first kappa shape index (κ1) is 17.7. The van der Waals surface area contributed by atoms with Gasteiger partial charge in [0.1, 0.15) is 6.10 Å². The molecule has 1 aromatic rings. The van der Waals surface area contributed by atoms with E-state index in [4.69, 9.17) is 4.74 Å². The number of carbonyl (C=O) groups excluding carboxylic acids is 2. The molecule has 1 atom stereocenters. The Morgan fingerprint density at radius 2 is 1.80 bits per heavy atom. The molecule has 1 amide bonds. The van der Waals surface area contributed by atoms with E-state index in [0.717, 1.165) is 39.1 Å². The van der Waals surface area contributed by atoms with Crippen LogP contribution in [0.1, 0.15) is 19.8 Å². The predicted octanol–water partition coefficient (Wildman–Crippen LogP) is 1.36. The van der Waals surface area contributed by atoms with Gasteiger partial charge in [0.25, 0.3) is 0 Å². The Bertz CT molecular complexity index is 585. The molecule has 0 bridgehead atoms. The minimum Gasteiger partial charge on any atom is -0.459 e. The van der Waals surface area contributed by atoms with Crippen molar-refractivity contribution in [2.75, 3.05) is 50.7 Å². The fourth-order valence-electron chi connectivity index (χ4n) is 3.63. The molecular weight excluding hydrogens is 318 g/mol. The van der Waals surface area contributed by atoms with E-state index in [1.807, 2.05) is 11.0 Å². The Balaban J connectivity index is 1.52. The number of piperazine rings is 1. The van der Waals surface area contributed by atoms with Gasteiger partial charge < -0.3 is 14.5 Å². The summed E-state index contributed by atoms with van der Waals surface area (Å²) < 4.78 is 5.49. The summed E-state index contributed by atoms with van der Waals surface area (Å²) in [6.07, 6.45) is 1.27. The second-order valence-electron chi connectivity index (χ2n) is 6.80. The summed E-state index contributed by atoms with van der Waals surface area (Å²) in [5, 5.41) is 0. The molecule has 0 radical (unpaired) electrons. The van der Waals surface area contributed by atoms with Gasteiger partial charge in [0.05, 0.1) is 6.54 Å². The number of ether oxygens (including phenoxy) is 1. The van der Waals surface area contributed by atoms with Crippen LogP contribution in [0.15, 0.2) is 30.3 Å². The van der Waals surface area contributed by atoms with Crippen molar-refractivity contribution in [2.45, 2.75) is 25.9 Å². The zero-order valence-corrected chi connectivity index (χ0v) is 14.9.